The van der Waals surface area contributed by atoms with Gasteiger partial charge in [0.25, 0.3) is 0 Å². The first-order valence-corrected chi connectivity index (χ1v) is 8.87. The van der Waals surface area contributed by atoms with Crippen LogP contribution in [0.15, 0.2) is 28.9 Å². The average molecular weight is 327 g/mol. The summed E-state index contributed by atoms with van der Waals surface area (Å²) in [5.74, 6) is 2.11. The zero-order valence-electron chi connectivity index (χ0n) is 14.4. The number of hydrogen-bond donors (Lipinski definition) is 0. The fourth-order valence-electron chi connectivity index (χ4n) is 3.50. The van der Waals surface area contributed by atoms with E-state index in [-0.39, 0.29) is 0 Å². The van der Waals surface area contributed by atoms with Crippen LogP contribution in [0.5, 0.6) is 0 Å². The smallest absolute Gasteiger partial charge is 0.230 e. The van der Waals surface area contributed by atoms with E-state index < -0.39 is 0 Å². The van der Waals surface area contributed by atoms with Gasteiger partial charge in [0, 0.05) is 43.5 Å². The summed E-state index contributed by atoms with van der Waals surface area (Å²) >= 11 is 0. The SMILES string of the molecule is C[C@@H](c1ccncc1)N1CC[C@@H](N(C)Cc2nnc(C3CC3)o2)C1. The first-order valence-electron chi connectivity index (χ1n) is 8.87. The van der Waals surface area contributed by atoms with Crippen molar-refractivity contribution in [1.82, 2.24) is 25.0 Å². The molecule has 3 heterocycles. The van der Waals surface area contributed by atoms with Gasteiger partial charge in [0.1, 0.15) is 0 Å². The van der Waals surface area contributed by atoms with E-state index >= 15 is 0 Å². The third-order valence-corrected chi connectivity index (χ3v) is 5.35. The van der Waals surface area contributed by atoms with Gasteiger partial charge in [-0.15, -0.1) is 10.2 Å². The summed E-state index contributed by atoms with van der Waals surface area (Å²) in [6.45, 7) is 5.21. The van der Waals surface area contributed by atoms with Crippen molar-refractivity contribution in [2.24, 2.45) is 0 Å². The van der Waals surface area contributed by atoms with E-state index in [1.165, 1.54) is 24.8 Å². The second kappa shape index (κ2) is 6.61. The fourth-order valence-corrected chi connectivity index (χ4v) is 3.50. The molecule has 2 aliphatic rings. The van der Waals surface area contributed by atoms with Crippen LogP contribution in [-0.2, 0) is 6.54 Å². The molecule has 1 saturated heterocycles. The van der Waals surface area contributed by atoms with Gasteiger partial charge in [-0.1, -0.05) is 0 Å². The molecule has 0 N–H and O–H groups in total. The Morgan fingerprint density at radius 1 is 1.25 bits per heavy atom. The standard InChI is InChI=1S/C18H25N5O/c1-13(14-5-8-19-9-6-14)23-10-7-16(11-23)22(2)12-17-20-21-18(24-17)15-3-4-15/h5-6,8-9,13,15-16H,3-4,7,10-12H2,1-2H3/t13-,16+/m0/s1. The highest BCUT2D eigenvalue weighted by molar-refractivity contribution is 5.15. The Bertz CT molecular complexity index is 669. The second-order valence-corrected chi connectivity index (χ2v) is 7.12. The summed E-state index contributed by atoms with van der Waals surface area (Å²) in [6, 6.07) is 5.18. The lowest BCUT2D eigenvalue weighted by atomic mass is 10.1. The van der Waals surface area contributed by atoms with E-state index in [1.807, 2.05) is 12.4 Å². The predicted octanol–water partition coefficient (Wildman–Crippen LogP) is 2.61. The van der Waals surface area contributed by atoms with Gasteiger partial charge in [0.05, 0.1) is 6.54 Å². The first kappa shape index (κ1) is 15.7. The molecule has 1 aliphatic carbocycles. The Labute approximate surface area is 142 Å². The lowest BCUT2D eigenvalue weighted by Gasteiger charge is -2.27. The van der Waals surface area contributed by atoms with Crippen molar-refractivity contribution in [3.8, 4) is 0 Å². The summed E-state index contributed by atoms with van der Waals surface area (Å²) in [4.78, 5) is 9.01. The van der Waals surface area contributed by atoms with Gasteiger partial charge in [0.15, 0.2) is 0 Å². The first-order chi connectivity index (χ1) is 11.7. The van der Waals surface area contributed by atoms with Crippen LogP contribution >= 0.6 is 0 Å². The molecule has 2 aromatic heterocycles. The van der Waals surface area contributed by atoms with Crippen molar-refractivity contribution in [3.63, 3.8) is 0 Å². The maximum Gasteiger partial charge on any atom is 0.230 e. The molecule has 0 amide bonds. The molecule has 128 valence electrons. The largest absolute Gasteiger partial charge is 0.424 e. The molecule has 1 aliphatic heterocycles. The maximum atomic E-state index is 5.80. The number of rotatable bonds is 6. The molecule has 0 radical (unpaired) electrons. The molecule has 0 aromatic carbocycles. The van der Waals surface area contributed by atoms with E-state index in [2.05, 4.69) is 51.1 Å². The molecule has 1 saturated carbocycles. The molecular weight excluding hydrogens is 302 g/mol. The van der Waals surface area contributed by atoms with Crippen molar-refractivity contribution in [3.05, 3.63) is 41.9 Å². The third kappa shape index (κ3) is 3.35. The highest BCUT2D eigenvalue weighted by atomic mass is 16.4. The van der Waals surface area contributed by atoms with Crippen LogP contribution in [0.4, 0.5) is 0 Å². The highest BCUT2D eigenvalue weighted by Gasteiger charge is 2.31. The van der Waals surface area contributed by atoms with Crippen molar-refractivity contribution in [2.75, 3.05) is 20.1 Å². The fraction of sp³-hybridized carbons (Fsp3) is 0.611. The minimum atomic E-state index is 0.427. The molecule has 2 atom stereocenters. The predicted molar refractivity (Wildman–Crippen MR) is 90.4 cm³/mol. The minimum Gasteiger partial charge on any atom is -0.424 e. The molecule has 0 spiro atoms. The molecule has 2 aromatic rings. The summed E-state index contributed by atoms with van der Waals surface area (Å²) < 4.78 is 5.80. The number of aromatic nitrogens is 3. The van der Waals surface area contributed by atoms with Crippen LogP contribution < -0.4 is 0 Å². The Morgan fingerprint density at radius 3 is 2.79 bits per heavy atom. The van der Waals surface area contributed by atoms with Crippen LogP contribution in [0.3, 0.4) is 0 Å². The molecule has 0 unspecified atom stereocenters. The monoisotopic (exact) mass is 327 g/mol. The Balaban J connectivity index is 1.33. The lowest BCUT2D eigenvalue weighted by molar-refractivity contribution is 0.190. The summed E-state index contributed by atoms with van der Waals surface area (Å²) in [7, 11) is 2.16. The number of nitrogens with zero attached hydrogens (tertiary/aromatic N) is 5. The van der Waals surface area contributed by atoms with Gasteiger partial charge in [-0.25, -0.2) is 0 Å². The second-order valence-electron chi connectivity index (χ2n) is 7.12. The van der Waals surface area contributed by atoms with Gasteiger partial charge in [-0.2, -0.15) is 0 Å². The van der Waals surface area contributed by atoms with Gasteiger partial charge in [0.2, 0.25) is 11.8 Å². The van der Waals surface area contributed by atoms with Crippen molar-refractivity contribution < 1.29 is 4.42 Å². The number of pyridine rings is 1. The molecule has 4 rings (SSSR count). The van der Waals surface area contributed by atoms with E-state index in [0.29, 0.717) is 18.0 Å². The number of likely N-dealkylation sites (N-methyl/N-ethyl adjacent to an activating group) is 1. The molecule has 0 bridgehead atoms. The topological polar surface area (TPSA) is 58.3 Å². The van der Waals surface area contributed by atoms with Crippen LogP contribution in [0, 0.1) is 0 Å². The quantitative estimate of drug-likeness (QED) is 0.813. The van der Waals surface area contributed by atoms with Crippen LogP contribution in [0.25, 0.3) is 0 Å². The van der Waals surface area contributed by atoms with Crippen LogP contribution in [0.2, 0.25) is 0 Å². The Morgan fingerprint density at radius 2 is 2.04 bits per heavy atom. The Hall–Kier alpha value is -1.79. The van der Waals surface area contributed by atoms with Gasteiger partial charge in [-0.05, 0) is 50.9 Å². The van der Waals surface area contributed by atoms with E-state index in [0.717, 1.165) is 31.4 Å². The molecule has 6 heteroatoms. The van der Waals surface area contributed by atoms with Crippen molar-refractivity contribution in [1.29, 1.82) is 0 Å². The van der Waals surface area contributed by atoms with E-state index in [1.54, 1.807) is 0 Å². The summed E-state index contributed by atoms with van der Waals surface area (Å²) in [6.07, 6.45) is 7.32. The third-order valence-electron chi connectivity index (χ3n) is 5.35. The van der Waals surface area contributed by atoms with Gasteiger partial charge >= 0.3 is 0 Å². The molecule has 2 fully saturated rings. The van der Waals surface area contributed by atoms with Crippen molar-refractivity contribution in [2.45, 2.75) is 50.7 Å². The van der Waals surface area contributed by atoms with E-state index in [4.69, 9.17) is 4.42 Å². The highest BCUT2D eigenvalue weighted by Crippen LogP contribution is 2.39. The molecule has 6 nitrogen and oxygen atoms in total. The van der Waals surface area contributed by atoms with Gasteiger partial charge in [-0.3, -0.25) is 14.8 Å². The molecule has 24 heavy (non-hydrogen) atoms. The number of likely N-dealkylation sites (tertiary alicyclic amines) is 1. The normalized spacial score (nSPS) is 23.0. The van der Waals surface area contributed by atoms with Crippen LogP contribution in [-0.4, -0.2) is 51.2 Å². The minimum absolute atomic E-state index is 0.427. The average Bonchev–Trinajstić information content (AvgIpc) is 3.16. The maximum absolute atomic E-state index is 5.80. The molecular formula is C18H25N5O. The summed E-state index contributed by atoms with van der Waals surface area (Å²) in [5.41, 5.74) is 1.33. The zero-order valence-corrected chi connectivity index (χ0v) is 14.4. The van der Waals surface area contributed by atoms with E-state index in [9.17, 15) is 0 Å². The zero-order chi connectivity index (χ0) is 16.5. The van der Waals surface area contributed by atoms with Crippen molar-refractivity contribution >= 4 is 0 Å². The van der Waals surface area contributed by atoms with Crippen LogP contribution in [0.1, 0.15) is 55.5 Å². The lowest BCUT2D eigenvalue weighted by Crippen LogP contribution is -2.35. The van der Waals surface area contributed by atoms with Gasteiger partial charge < -0.3 is 4.42 Å². The number of hydrogen-bond acceptors (Lipinski definition) is 6. The summed E-state index contributed by atoms with van der Waals surface area (Å²) in [5, 5.41) is 8.39. The Kier molecular flexibility index (Phi) is 4.33.